The molecular weight excluding hydrogens is 344 g/mol. The van der Waals surface area contributed by atoms with E-state index in [4.69, 9.17) is 9.47 Å². The molecule has 0 unspecified atom stereocenters. The molecule has 3 rings (SSSR count). The van der Waals surface area contributed by atoms with E-state index >= 15 is 0 Å². The number of aryl methyl sites for hydroxylation is 1. The summed E-state index contributed by atoms with van der Waals surface area (Å²) in [5.74, 6) is -0.0302. The minimum Gasteiger partial charge on any atom is -0.497 e. The van der Waals surface area contributed by atoms with Gasteiger partial charge in [0.1, 0.15) is 5.75 Å². The van der Waals surface area contributed by atoms with Crippen LogP contribution in [-0.4, -0.2) is 36.7 Å². The number of fused-ring (bicyclic) bond motifs is 1. The first-order valence-electron chi connectivity index (χ1n) is 8.69. The molecule has 140 valence electrons. The van der Waals surface area contributed by atoms with Crippen molar-refractivity contribution in [2.75, 3.05) is 20.3 Å². The molecule has 0 aliphatic rings. The summed E-state index contributed by atoms with van der Waals surface area (Å²) in [4.78, 5) is 24.2. The predicted molar refractivity (Wildman–Crippen MR) is 103 cm³/mol. The van der Waals surface area contributed by atoms with Gasteiger partial charge in [-0.2, -0.15) is 0 Å². The number of aromatic nitrogens is 1. The fraction of sp³-hybridized carbons (Fsp3) is 0.238. The quantitative estimate of drug-likeness (QED) is 0.653. The summed E-state index contributed by atoms with van der Waals surface area (Å²) in [5, 5.41) is 3.57. The van der Waals surface area contributed by atoms with Gasteiger partial charge in [-0.1, -0.05) is 30.3 Å². The number of hydrogen-bond donors (Lipinski definition) is 1. The van der Waals surface area contributed by atoms with Crippen LogP contribution in [0, 0.1) is 0 Å². The van der Waals surface area contributed by atoms with Crippen LogP contribution in [0.2, 0.25) is 0 Å². The normalized spacial score (nSPS) is 10.6. The van der Waals surface area contributed by atoms with Crippen molar-refractivity contribution >= 4 is 22.8 Å². The third-order valence-electron chi connectivity index (χ3n) is 4.35. The second-order valence-electron chi connectivity index (χ2n) is 6.19. The van der Waals surface area contributed by atoms with Crippen molar-refractivity contribution in [2.45, 2.75) is 6.42 Å². The molecule has 0 radical (unpaired) electrons. The number of para-hydroxylation sites is 1. The zero-order valence-corrected chi connectivity index (χ0v) is 15.4. The Morgan fingerprint density at radius 1 is 1.07 bits per heavy atom. The molecule has 6 heteroatoms. The van der Waals surface area contributed by atoms with Crippen LogP contribution < -0.4 is 10.1 Å². The van der Waals surface area contributed by atoms with E-state index in [0.717, 1.165) is 22.2 Å². The number of esters is 1. The maximum atomic E-state index is 12.3. The average Bonchev–Trinajstić information content (AvgIpc) is 3.04. The summed E-state index contributed by atoms with van der Waals surface area (Å²) < 4.78 is 12.1. The van der Waals surface area contributed by atoms with Crippen LogP contribution in [0.1, 0.15) is 15.9 Å². The number of ether oxygens (including phenoxy) is 2. The van der Waals surface area contributed by atoms with E-state index in [1.54, 1.807) is 13.3 Å². The van der Waals surface area contributed by atoms with E-state index in [9.17, 15) is 9.59 Å². The lowest BCUT2D eigenvalue weighted by molar-refractivity contribution is -0.124. The molecule has 27 heavy (non-hydrogen) atoms. The number of carbonyl (C=O) groups excluding carboxylic acids is 2. The van der Waals surface area contributed by atoms with Crippen LogP contribution in [0.5, 0.6) is 5.75 Å². The molecule has 0 bridgehead atoms. The average molecular weight is 366 g/mol. The van der Waals surface area contributed by atoms with Crippen molar-refractivity contribution in [1.29, 1.82) is 0 Å². The Morgan fingerprint density at radius 3 is 2.56 bits per heavy atom. The SMILES string of the molecule is COc1ccc(CCNC(=O)COC(=O)c2cn(C)c3ccccc23)cc1. The molecule has 6 nitrogen and oxygen atoms in total. The fourth-order valence-corrected chi connectivity index (χ4v) is 2.90. The highest BCUT2D eigenvalue weighted by molar-refractivity contribution is 6.04. The predicted octanol–water partition coefficient (Wildman–Crippen LogP) is 2.70. The molecule has 3 aromatic rings. The summed E-state index contributed by atoms with van der Waals surface area (Å²) in [7, 11) is 3.49. The molecule has 0 atom stereocenters. The molecule has 1 amide bonds. The van der Waals surface area contributed by atoms with Crippen LogP contribution in [0.25, 0.3) is 10.9 Å². The third-order valence-corrected chi connectivity index (χ3v) is 4.35. The first kappa shape index (κ1) is 18.5. The van der Waals surface area contributed by atoms with E-state index in [1.807, 2.05) is 60.1 Å². The molecule has 1 heterocycles. The standard InChI is InChI=1S/C21H22N2O4/c1-23-13-18(17-5-3-4-6-19(17)23)21(25)27-14-20(24)22-12-11-15-7-9-16(26-2)10-8-15/h3-10,13H,11-12,14H2,1-2H3,(H,22,24). The molecule has 0 fully saturated rings. The summed E-state index contributed by atoms with van der Waals surface area (Å²) >= 11 is 0. The highest BCUT2D eigenvalue weighted by Gasteiger charge is 2.16. The molecule has 1 N–H and O–H groups in total. The van der Waals surface area contributed by atoms with Gasteiger partial charge in [-0.25, -0.2) is 4.79 Å². The first-order valence-corrected chi connectivity index (χ1v) is 8.69. The second kappa shape index (κ2) is 8.40. The number of nitrogens with zero attached hydrogens (tertiary/aromatic N) is 1. The molecule has 0 aliphatic heterocycles. The highest BCUT2D eigenvalue weighted by Crippen LogP contribution is 2.20. The van der Waals surface area contributed by atoms with Gasteiger partial charge in [-0.15, -0.1) is 0 Å². The third kappa shape index (κ3) is 4.47. The Balaban J connectivity index is 1.47. The van der Waals surface area contributed by atoms with Gasteiger partial charge in [0, 0.05) is 30.7 Å². The minimum absolute atomic E-state index is 0.301. The van der Waals surface area contributed by atoms with Crippen LogP contribution in [0.3, 0.4) is 0 Å². The Labute approximate surface area is 157 Å². The summed E-state index contributed by atoms with van der Waals surface area (Å²) in [6.45, 7) is 0.168. The van der Waals surface area contributed by atoms with Crippen LogP contribution in [0.15, 0.2) is 54.7 Å². The highest BCUT2D eigenvalue weighted by atomic mass is 16.5. The van der Waals surface area contributed by atoms with Gasteiger partial charge < -0.3 is 19.4 Å². The zero-order valence-electron chi connectivity index (χ0n) is 15.4. The largest absolute Gasteiger partial charge is 0.497 e. The number of carbonyl (C=O) groups is 2. The van der Waals surface area contributed by atoms with Crippen molar-refractivity contribution < 1.29 is 19.1 Å². The Bertz CT molecular complexity index is 944. The lowest BCUT2D eigenvalue weighted by Gasteiger charge is -2.07. The lowest BCUT2D eigenvalue weighted by atomic mass is 10.1. The summed E-state index contributed by atoms with van der Waals surface area (Å²) in [6, 6.07) is 15.2. The summed E-state index contributed by atoms with van der Waals surface area (Å²) in [6.07, 6.45) is 2.40. The molecule has 0 spiro atoms. The number of benzene rings is 2. The van der Waals surface area contributed by atoms with Crippen LogP contribution in [-0.2, 0) is 23.0 Å². The van der Waals surface area contributed by atoms with Crippen LogP contribution in [0.4, 0.5) is 0 Å². The first-order chi connectivity index (χ1) is 13.1. The van der Waals surface area contributed by atoms with Crippen molar-refractivity contribution in [3.05, 3.63) is 65.9 Å². The number of nitrogens with one attached hydrogen (secondary N) is 1. The van der Waals surface area contributed by atoms with Gasteiger partial charge in [-0.3, -0.25) is 4.79 Å². The number of amides is 1. The van der Waals surface area contributed by atoms with E-state index in [0.29, 0.717) is 18.5 Å². The second-order valence-corrected chi connectivity index (χ2v) is 6.19. The van der Waals surface area contributed by atoms with E-state index < -0.39 is 5.97 Å². The van der Waals surface area contributed by atoms with Gasteiger partial charge in [0.05, 0.1) is 12.7 Å². The smallest absolute Gasteiger partial charge is 0.340 e. The molecule has 1 aromatic heterocycles. The molecule has 0 saturated carbocycles. The van der Waals surface area contributed by atoms with Gasteiger partial charge >= 0.3 is 5.97 Å². The van der Waals surface area contributed by atoms with Gasteiger partial charge in [-0.05, 0) is 30.2 Å². The van der Waals surface area contributed by atoms with Crippen molar-refractivity contribution in [3.63, 3.8) is 0 Å². The van der Waals surface area contributed by atoms with E-state index in [-0.39, 0.29) is 12.5 Å². The Morgan fingerprint density at radius 2 is 1.81 bits per heavy atom. The fourth-order valence-electron chi connectivity index (χ4n) is 2.90. The van der Waals surface area contributed by atoms with Gasteiger partial charge in [0.15, 0.2) is 6.61 Å². The number of hydrogen-bond acceptors (Lipinski definition) is 4. The van der Waals surface area contributed by atoms with Crippen molar-refractivity contribution in [1.82, 2.24) is 9.88 Å². The minimum atomic E-state index is -0.503. The zero-order chi connectivity index (χ0) is 19.2. The maximum absolute atomic E-state index is 12.3. The van der Waals surface area contributed by atoms with Crippen LogP contribution >= 0.6 is 0 Å². The lowest BCUT2D eigenvalue weighted by Crippen LogP contribution is -2.30. The Hall–Kier alpha value is -3.28. The molecular formula is C21H22N2O4. The van der Waals surface area contributed by atoms with E-state index in [1.165, 1.54) is 0 Å². The molecule has 0 saturated heterocycles. The van der Waals surface area contributed by atoms with Gasteiger partial charge in [0.25, 0.3) is 5.91 Å². The molecule has 2 aromatic carbocycles. The van der Waals surface area contributed by atoms with Crippen molar-refractivity contribution in [3.8, 4) is 5.75 Å². The molecule has 0 aliphatic carbocycles. The van der Waals surface area contributed by atoms with Gasteiger partial charge in [0.2, 0.25) is 0 Å². The number of methoxy groups -OCH3 is 1. The maximum Gasteiger partial charge on any atom is 0.340 e. The number of rotatable bonds is 7. The summed E-state index contributed by atoms with van der Waals surface area (Å²) in [5.41, 5.74) is 2.48. The Kier molecular flexibility index (Phi) is 5.76. The van der Waals surface area contributed by atoms with Crippen molar-refractivity contribution in [2.24, 2.45) is 7.05 Å². The monoisotopic (exact) mass is 366 g/mol. The van der Waals surface area contributed by atoms with E-state index in [2.05, 4.69) is 5.32 Å². The topological polar surface area (TPSA) is 69.6 Å².